The quantitative estimate of drug-likeness (QED) is 0.831. The molecule has 1 aromatic carbocycles. The van der Waals surface area contributed by atoms with E-state index in [1.54, 1.807) is 31.1 Å². The number of anilines is 2. The molecule has 0 radical (unpaired) electrons. The second kappa shape index (κ2) is 6.64. The predicted octanol–water partition coefficient (Wildman–Crippen LogP) is 2.96. The molecule has 0 saturated heterocycles. The molecule has 0 aromatic heterocycles. The summed E-state index contributed by atoms with van der Waals surface area (Å²) in [6, 6.07) is 5.45. The van der Waals surface area contributed by atoms with Crippen molar-refractivity contribution in [3.8, 4) is 0 Å². The van der Waals surface area contributed by atoms with E-state index in [4.69, 9.17) is 5.73 Å². The number of nitrogen functional groups attached to an aromatic ring is 1. The molecule has 1 amide bonds. The molecule has 1 saturated carbocycles. The van der Waals surface area contributed by atoms with Crippen molar-refractivity contribution in [1.29, 1.82) is 0 Å². The van der Waals surface area contributed by atoms with Crippen LogP contribution in [0.2, 0.25) is 0 Å². The lowest BCUT2D eigenvalue weighted by atomic mass is 9.89. The molecule has 0 unspecified atom stereocenters. The van der Waals surface area contributed by atoms with E-state index in [0.717, 1.165) is 12.2 Å². The third kappa shape index (κ3) is 3.65. The summed E-state index contributed by atoms with van der Waals surface area (Å²) in [5.41, 5.74) is 8.08. The summed E-state index contributed by atoms with van der Waals surface area (Å²) in [6.45, 7) is 0.928. The van der Waals surface area contributed by atoms with Crippen LogP contribution < -0.4 is 11.1 Å². The number of carbonyl (C=O) groups is 1. The van der Waals surface area contributed by atoms with Crippen LogP contribution in [0.5, 0.6) is 0 Å². The van der Waals surface area contributed by atoms with Gasteiger partial charge in [0.1, 0.15) is 0 Å². The highest BCUT2D eigenvalue weighted by Gasteiger charge is 2.16. The van der Waals surface area contributed by atoms with Gasteiger partial charge >= 0.3 is 0 Å². The summed E-state index contributed by atoms with van der Waals surface area (Å²) in [5.74, 6) is 0.726. The largest absolute Gasteiger partial charge is 0.399 e. The highest BCUT2D eigenvalue weighted by molar-refractivity contribution is 5.99. The lowest BCUT2D eigenvalue weighted by Gasteiger charge is -2.23. The smallest absolute Gasteiger partial charge is 0.255 e. The first-order valence-corrected chi connectivity index (χ1v) is 7.43. The molecule has 1 fully saturated rings. The summed E-state index contributed by atoms with van der Waals surface area (Å²) < 4.78 is 0. The van der Waals surface area contributed by atoms with Gasteiger partial charge in [-0.05, 0) is 37.0 Å². The van der Waals surface area contributed by atoms with Crippen LogP contribution in [0.3, 0.4) is 0 Å². The number of amides is 1. The Kier molecular flexibility index (Phi) is 4.88. The topological polar surface area (TPSA) is 58.4 Å². The van der Waals surface area contributed by atoms with Gasteiger partial charge < -0.3 is 16.0 Å². The van der Waals surface area contributed by atoms with Crippen LogP contribution in [0.4, 0.5) is 11.4 Å². The Labute approximate surface area is 121 Å². The van der Waals surface area contributed by atoms with Crippen molar-refractivity contribution < 1.29 is 4.79 Å². The van der Waals surface area contributed by atoms with E-state index in [-0.39, 0.29) is 5.91 Å². The Morgan fingerprint density at radius 3 is 2.65 bits per heavy atom. The fraction of sp³-hybridized carbons (Fsp3) is 0.562. The number of carbonyl (C=O) groups excluding carboxylic acids is 1. The molecule has 1 aliphatic carbocycles. The zero-order valence-corrected chi connectivity index (χ0v) is 12.5. The molecule has 0 atom stereocenters. The molecule has 4 nitrogen and oxygen atoms in total. The second-order valence-electron chi connectivity index (χ2n) is 5.89. The maximum Gasteiger partial charge on any atom is 0.255 e. The van der Waals surface area contributed by atoms with Gasteiger partial charge in [-0.25, -0.2) is 0 Å². The number of nitrogens with two attached hydrogens (primary N) is 1. The van der Waals surface area contributed by atoms with Crippen LogP contribution in [-0.2, 0) is 0 Å². The summed E-state index contributed by atoms with van der Waals surface area (Å²) in [6.07, 6.45) is 6.58. The Morgan fingerprint density at radius 1 is 1.30 bits per heavy atom. The van der Waals surface area contributed by atoms with Crippen LogP contribution in [0, 0.1) is 5.92 Å². The highest BCUT2D eigenvalue weighted by atomic mass is 16.2. The summed E-state index contributed by atoms with van der Waals surface area (Å²) in [4.78, 5) is 13.8. The molecule has 1 aliphatic rings. The number of nitrogens with one attached hydrogen (secondary N) is 1. The van der Waals surface area contributed by atoms with Gasteiger partial charge in [0, 0.05) is 32.0 Å². The molecule has 110 valence electrons. The molecule has 0 aliphatic heterocycles. The Morgan fingerprint density at radius 2 is 2.00 bits per heavy atom. The SMILES string of the molecule is CN(C)C(=O)c1ccc(N)cc1NCC1CCCCC1. The molecule has 0 bridgehead atoms. The summed E-state index contributed by atoms with van der Waals surface area (Å²) in [5, 5.41) is 3.43. The van der Waals surface area contributed by atoms with Crippen molar-refractivity contribution in [2.24, 2.45) is 5.92 Å². The van der Waals surface area contributed by atoms with Crippen LogP contribution in [0.25, 0.3) is 0 Å². The normalized spacial score (nSPS) is 15.9. The Hall–Kier alpha value is -1.71. The maximum atomic E-state index is 12.2. The first-order chi connectivity index (χ1) is 9.58. The van der Waals surface area contributed by atoms with Crippen molar-refractivity contribution in [3.05, 3.63) is 23.8 Å². The fourth-order valence-electron chi connectivity index (χ4n) is 2.78. The van der Waals surface area contributed by atoms with Crippen molar-refractivity contribution >= 4 is 17.3 Å². The number of hydrogen-bond donors (Lipinski definition) is 2. The van der Waals surface area contributed by atoms with Gasteiger partial charge in [0.25, 0.3) is 5.91 Å². The third-order valence-electron chi connectivity index (χ3n) is 3.99. The molecule has 4 heteroatoms. The van der Waals surface area contributed by atoms with Gasteiger partial charge in [-0.15, -0.1) is 0 Å². The molecular formula is C16H25N3O. The van der Waals surface area contributed by atoms with E-state index in [2.05, 4.69) is 5.32 Å². The molecule has 1 aromatic rings. The maximum absolute atomic E-state index is 12.2. The summed E-state index contributed by atoms with van der Waals surface area (Å²) in [7, 11) is 3.53. The number of rotatable bonds is 4. The van der Waals surface area contributed by atoms with E-state index < -0.39 is 0 Å². The first kappa shape index (κ1) is 14.7. The van der Waals surface area contributed by atoms with Crippen molar-refractivity contribution in [2.75, 3.05) is 31.7 Å². The lowest BCUT2D eigenvalue weighted by molar-refractivity contribution is 0.0828. The minimum atomic E-state index is 0.0103. The van der Waals surface area contributed by atoms with E-state index >= 15 is 0 Å². The first-order valence-electron chi connectivity index (χ1n) is 7.43. The van der Waals surface area contributed by atoms with Crippen LogP contribution >= 0.6 is 0 Å². The minimum Gasteiger partial charge on any atom is -0.399 e. The van der Waals surface area contributed by atoms with E-state index in [1.807, 2.05) is 6.07 Å². The summed E-state index contributed by atoms with van der Waals surface area (Å²) >= 11 is 0. The van der Waals surface area contributed by atoms with E-state index in [9.17, 15) is 4.79 Å². The van der Waals surface area contributed by atoms with Gasteiger partial charge in [-0.1, -0.05) is 19.3 Å². The molecule has 3 N–H and O–H groups in total. The van der Waals surface area contributed by atoms with Gasteiger partial charge in [0.2, 0.25) is 0 Å². The van der Waals surface area contributed by atoms with Gasteiger partial charge in [-0.2, -0.15) is 0 Å². The molecule has 0 heterocycles. The monoisotopic (exact) mass is 275 g/mol. The van der Waals surface area contributed by atoms with Crippen LogP contribution in [0.15, 0.2) is 18.2 Å². The zero-order valence-electron chi connectivity index (χ0n) is 12.5. The van der Waals surface area contributed by atoms with Gasteiger partial charge in [-0.3, -0.25) is 4.79 Å². The second-order valence-corrected chi connectivity index (χ2v) is 5.89. The van der Waals surface area contributed by atoms with Crippen molar-refractivity contribution in [3.63, 3.8) is 0 Å². The van der Waals surface area contributed by atoms with Crippen LogP contribution in [-0.4, -0.2) is 31.4 Å². The number of nitrogens with zero attached hydrogens (tertiary/aromatic N) is 1. The van der Waals surface area contributed by atoms with Crippen LogP contribution in [0.1, 0.15) is 42.5 Å². The Bertz CT molecular complexity index is 465. The molecule has 20 heavy (non-hydrogen) atoms. The number of hydrogen-bond acceptors (Lipinski definition) is 3. The standard InChI is InChI=1S/C16H25N3O/c1-19(2)16(20)14-9-8-13(17)10-15(14)18-11-12-6-4-3-5-7-12/h8-10,12,18H,3-7,11,17H2,1-2H3. The average Bonchev–Trinajstić information content (AvgIpc) is 2.45. The van der Waals surface area contributed by atoms with Gasteiger partial charge in [0.05, 0.1) is 5.56 Å². The van der Waals surface area contributed by atoms with E-state index in [0.29, 0.717) is 17.2 Å². The van der Waals surface area contributed by atoms with Gasteiger partial charge in [0.15, 0.2) is 0 Å². The van der Waals surface area contributed by atoms with E-state index in [1.165, 1.54) is 32.1 Å². The molecule has 2 rings (SSSR count). The highest BCUT2D eigenvalue weighted by Crippen LogP contribution is 2.26. The number of benzene rings is 1. The fourth-order valence-corrected chi connectivity index (χ4v) is 2.78. The predicted molar refractivity (Wildman–Crippen MR) is 83.9 cm³/mol. The average molecular weight is 275 g/mol. The Balaban J connectivity index is 2.08. The third-order valence-corrected chi connectivity index (χ3v) is 3.99. The zero-order chi connectivity index (χ0) is 14.5. The molecular weight excluding hydrogens is 250 g/mol. The molecule has 0 spiro atoms. The minimum absolute atomic E-state index is 0.0103. The van der Waals surface area contributed by atoms with Crippen molar-refractivity contribution in [1.82, 2.24) is 4.90 Å². The van der Waals surface area contributed by atoms with Crippen molar-refractivity contribution in [2.45, 2.75) is 32.1 Å². The lowest BCUT2D eigenvalue weighted by Crippen LogP contribution is -2.24.